The van der Waals surface area contributed by atoms with E-state index < -0.39 is 22.0 Å². The largest absolute Gasteiger partial charge is 0.497 e. The van der Waals surface area contributed by atoms with Crippen molar-refractivity contribution in [2.75, 3.05) is 13.7 Å². The van der Waals surface area contributed by atoms with Crippen LogP contribution in [-0.2, 0) is 20.7 Å². The van der Waals surface area contributed by atoms with Gasteiger partial charge in [-0.25, -0.2) is 4.39 Å². The van der Waals surface area contributed by atoms with E-state index in [-0.39, 0.29) is 17.3 Å². The normalized spacial score (nSPS) is 15.5. The molecule has 0 saturated carbocycles. The highest BCUT2D eigenvalue weighted by Crippen LogP contribution is 2.36. The zero-order valence-corrected chi connectivity index (χ0v) is 17.4. The van der Waals surface area contributed by atoms with Gasteiger partial charge in [-0.2, -0.15) is 8.42 Å². The van der Waals surface area contributed by atoms with E-state index in [1.165, 1.54) is 18.2 Å². The van der Waals surface area contributed by atoms with Crippen molar-refractivity contribution in [3.63, 3.8) is 0 Å². The first kappa shape index (κ1) is 20.4. The summed E-state index contributed by atoms with van der Waals surface area (Å²) in [6, 6.07) is 17.0. The maximum atomic E-state index is 14.6. The van der Waals surface area contributed by atoms with E-state index in [4.69, 9.17) is 13.7 Å². The van der Waals surface area contributed by atoms with E-state index >= 15 is 0 Å². The number of ether oxygens (including phenoxy) is 2. The predicted octanol–water partition coefficient (Wildman–Crippen LogP) is 4.52. The van der Waals surface area contributed by atoms with Crippen LogP contribution in [-0.4, -0.2) is 28.2 Å². The van der Waals surface area contributed by atoms with Crippen LogP contribution < -0.4 is 9.47 Å². The highest BCUT2D eigenvalue weighted by Gasteiger charge is 2.29. The molecule has 1 aliphatic heterocycles. The molecule has 0 saturated heterocycles. The molecule has 0 N–H and O–H groups in total. The standard InChI is InChI=1S/C23H21FO5S/c1-15-3-9-21(10-4-15)30(25,26)28-14-20-12-18-11-17(13-22(24)23(18)29-20)16-5-7-19(27-2)8-6-16/h3-11,13,20H,12,14H2,1-2H3. The Labute approximate surface area is 175 Å². The molecule has 30 heavy (non-hydrogen) atoms. The van der Waals surface area contributed by atoms with Gasteiger partial charge in [0, 0.05) is 12.0 Å². The van der Waals surface area contributed by atoms with Crippen LogP contribution >= 0.6 is 0 Å². The molecule has 0 aliphatic carbocycles. The fourth-order valence-corrected chi connectivity index (χ4v) is 4.31. The highest BCUT2D eigenvalue weighted by molar-refractivity contribution is 7.86. The van der Waals surface area contributed by atoms with E-state index in [9.17, 15) is 12.8 Å². The Bertz CT molecular complexity index is 1160. The number of fused-ring (bicyclic) bond motifs is 1. The number of benzene rings is 3. The van der Waals surface area contributed by atoms with Gasteiger partial charge in [-0.05, 0) is 54.4 Å². The van der Waals surface area contributed by atoms with Gasteiger partial charge >= 0.3 is 0 Å². The van der Waals surface area contributed by atoms with Crippen molar-refractivity contribution in [2.45, 2.75) is 24.3 Å². The Morgan fingerprint density at radius 1 is 1.03 bits per heavy atom. The molecule has 0 radical (unpaired) electrons. The van der Waals surface area contributed by atoms with Gasteiger partial charge in [0.15, 0.2) is 11.6 Å². The Morgan fingerprint density at radius 3 is 2.40 bits per heavy atom. The summed E-state index contributed by atoms with van der Waals surface area (Å²) < 4.78 is 55.3. The SMILES string of the molecule is COc1ccc(-c2cc(F)c3c(c2)CC(COS(=O)(=O)c2ccc(C)cc2)O3)cc1. The zero-order valence-electron chi connectivity index (χ0n) is 16.6. The average molecular weight is 428 g/mol. The second-order valence-electron chi connectivity index (χ2n) is 7.17. The van der Waals surface area contributed by atoms with Crippen molar-refractivity contribution >= 4 is 10.1 Å². The Morgan fingerprint density at radius 2 is 1.73 bits per heavy atom. The third-order valence-corrected chi connectivity index (χ3v) is 6.29. The Hall–Kier alpha value is -2.90. The van der Waals surface area contributed by atoms with Gasteiger partial charge < -0.3 is 9.47 Å². The van der Waals surface area contributed by atoms with E-state index in [0.29, 0.717) is 17.5 Å². The van der Waals surface area contributed by atoms with Crippen molar-refractivity contribution in [1.29, 1.82) is 0 Å². The van der Waals surface area contributed by atoms with Gasteiger partial charge in [-0.15, -0.1) is 0 Å². The van der Waals surface area contributed by atoms with Crippen LogP contribution in [0.15, 0.2) is 65.6 Å². The van der Waals surface area contributed by atoms with Gasteiger partial charge in [0.05, 0.1) is 12.0 Å². The minimum Gasteiger partial charge on any atom is -0.497 e. The minimum absolute atomic E-state index is 0.0802. The zero-order chi connectivity index (χ0) is 21.3. The van der Waals surface area contributed by atoms with Crippen molar-refractivity contribution in [1.82, 2.24) is 0 Å². The second kappa shape index (κ2) is 8.08. The van der Waals surface area contributed by atoms with Crippen LogP contribution in [0.1, 0.15) is 11.1 Å². The first-order chi connectivity index (χ1) is 14.4. The van der Waals surface area contributed by atoms with Crippen molar-refractivity contribution in [3.8, 4) is 22.6 Å². The van der Waals surface area contributed by atoms with Gasteiger partial charge in [0.1, 0.15) is 18.5 Å². The molecule has 0 amide bonds. The maximum Gasteiger partial charge on any atom is 0.297 e. The Balaban J connectivity index is 1.47. The summed E-state index contributed by atoms with van der Waals surface area (Å²) in [7, 11) is -2.32. The summed E-state index contributed by atoms with van der Waals surface area (Å²) >= 11 is 0. The van der Waals surface area contributed by atoms with E-state index in [1.54, 1.807) is 19.2 Å². The Kier molecular flexibility index (Phi) is 5.49. The van der Waals surface area contributed by atoms with Crippen molar-refractivity contribution < 1.29 is 26.5 Å². The number of hydrogen-bond donors (Lipinski definition) is 0. The summed E-state index contributed by atoms with van der Waals surface area (Å²) in [5.41, 5.74) is 3.19. The third kappa shape index (κ3) is 4.17. The summed E-state index contributed by atoms with van der Waals surface area (Å²) in [6.45, 7) is 1.68. The molecule has 1 atom stereocenters. The average Bonchev–Trinajstić information content (AvgIpc) is 3.17. The molecule has 1 heterocycles. The smallest absolute Gasteiger partial charge is 0.297 e. The van der Waals surface area contributed by atoms with Gasteiger partial charge in [-0.1, -0.05) is 29.8 Å². The van der Waals surface area contributed by atoms with Crippen molar-refractivity contribution in [3.05, 3.63) is 77.6 Å². The van der Waals surface area contributed by atoms with Crippen molar-refractivity contribution in [2.24, 2.45) is 0 Å². The summed E-state index contributed by atoms with van der Waals surface area (Å²) in [5, 5.41) is 0. The number of hydrogen-bond acceptors (Lipinski definition) is 5. The van der Waals surface area contributed by atoms with Crippen LogP contribution in [0.4, 0.5) is 4.39 Å². The molecule has 7 heteroatoms. The quantitative estimate of drug-likeness (QED) is 0.541. The molecule has 0 bridgehead atoms. The molecule has 1 unspecified atom stereocenters. The lowest BCUT2D eigenvalue weighted by Crippen LogP contribution is -2.23. The topological polar surface area (TPSA) is 61.8 Å². The van der Waals surface area contributed by atoms with Gasteiger partial charge in [-0.3, -0.25) is 4.18 Å². The number of rotatable bonds is 6. The van der Waals surface area contributed by atoms with E-state index in [0.717, 1.165) is 16.9 Å². The summed E-state index contributed by atoms with van der Waals surface area (Å²) in [6.07, 6.45) is -0.222. The van der Waals surface area contributed by atoms with Gasteiger partial charge in [0.2, 0.25) is 0 Å². The number of aryl methyl sites for hydroxylation is 1. The molecule has 3 aromatic carbocycles. The molecule has 1 aliphatic rings. The number of methoxy groups -OCH3 is 1. The third-order valence-electron chi connectivity index (χ3n) is 4.99. The van der Waals surface area contributed by atoms with E-state index in [1.807, 2.05) is 37.3 Å². The van der Waals surface area contributed by atoms with Crippen LogP contribution in [0.5, 0.6) is 11.5 Å². The molecular formula is C23H21FO5S. The molecule has 0 spiro atoms. The fourth-order valence-electron chi connectivity index (χ4n) is 3.37. The summed E-state index contributed by atoms with van der Waals surface area (Å²) in [5.74, 6) is 0.381. The lowest BCUT2D eigenvalue weighted by atomic mass is 10.0. The lowest BCUT2D eigenvalue weighted by Gasteiger charge is -2.12. The minimum atomic E-state index is -3.91. The summed E-state index contributed by atoms with van der Waals surface area (Å²) in [4.78, 5) is 0.0802. The van der Waals surface area contributed by atoms with Crippen LogP contribution in [0.3, 0.4) is 0 Å². The molecule has 3 aromatic rings. The van der Waals surface area contributed by atoms with Gasteiger partial charge in [0.25, 0.3) is 10.1 Å². The fraction of sp³-hybridized carbons (Fsp3) is 0.217. The number of halogens is 1. The molecule has 0 fully saturated rings. The molecule has 0 aromatic heterocycles. The first-order valence-corrected chi connectivity index (χ1v) is 10.9. The first-order valence-electron chi connectivity index (χ1n) is 9.45. The monoisotopic (exact) mass is 428 g/mol. The van der Waals surface area contributed by atoms with Crippen LogP contribution in [0.25, 0.3) is 11.1 Å². The molecule has 156 valence electrons. The van der Waals surface area contributed by atoms with E-state index in [2.05, 4.69) is 0 Å². The van der Waals surface area contributed by atoms with Crippen LogP contribution in [0.2, 0.25) is 0 Å². The second-order valence-corrected chi connectivity index (χ2v) is 8.79. The molecular weight excluding hydrogens is 407 g/mol. The predicted molar refractivity (Wildman–Crippen MR) is 111 cm³/mol. The highest BCUT2D eigenvalue weighted by atomic mass is 32.2. The lowest BCUT2D eigenvalue weighted by molar-refractivity contribution is 0.148. The molecule has 4 rings (SSSR count). The maximum absolute atomic E-state index is 14.6. The molecule has 5 nitrogen and oxygen atoms in total. The van der Waals surface area contributed by atoms with Crippen LogP contribution in [0, 0.1) is 12.7 Å².